The van der Waals surface area contributed by atoms with Crippen LogP contribution >= 0.6 is 27.3 Å². The van der Waals surface area contributed by atoms with Crippen LogP contribution < -0.4 is 5.32 Å². The highest BCUT2D eigenvalue weighted by molar-refractivity contribution is 9.10. The van der Waals surface area contributed by atoms with Gasteiger partial charge in [-0.15, -0.1) is 11.3 Å². The molecule has 1 N–H and O–H groups in total. The van der Waals surface area contributed by atoms with Gasteiger partial charge in [0.2, 0.25) is 0 Å². The second-order valence-corrected chi connectivity index (χ2v) is 6.47. The maximum Gasteiger partial charge on any atom is 0.417 e. The number of carbonyl (C=O) groups is 1. The van der Waals surface area contributed by atoms with Gasteiger partial charge in [0.1, 0.15) is 5.01 Å². The summed E-state index contributed by atoms with van der Waals surface area (Å²) < 4.78 is 39.1. The summed E-state index contributed by atoms with van der Waals surface area (Å²) in [5, 5.41) is 3.10. The molecule has 0 saturated carbocycles. The van der Waals surface area contributed by atoms with E-state index in [2.05, 4.69) is 26.2 Å². The number of nitrogens with zero attached hydrogens (tertiary/aromatic N) is 1. The molecule has 0 unspecified atom stereocenters. The van der Waals surface area contributed by atoms with E-state index in [9.17, 15) is 18.0 Å². The number of hydrogen-bond donors (Lipinski definition) is 1. The fourth-order valence-corrected chi connectivity index (χ4v) is 2.77. The van der Waals surface area contributed by atoms with Gasteiger partial charge in [-0.2, -0.15) is 13.2 Å². The van der Waals surface area contributed by atoms with E-state index in [4.69, 9.17) is 0 Å². The first-order valence-electron chi connectivity index (χ1n) is 5.83. The minimum atomic E-state index is -4.59. The number of nitrogens with one attached hydrogen (secondary N) is 1. The maximum atomic E-state index is 12.9. The Bertz CT molecular complexity index is 670. The van der Waals surface area contributed by atoms with E-state index in [0.29, 0.717) is 5.01 Å². The number of aromatic nitrogens is 1. The summed E-state index contributed by atoms with van der Waals surface area (Å²) in [5.41, 5.74) is -1.37. The zero-order valence-corrected chi connectivity index (χ0v) is 13.2. The Kier molecular flexibility index (Phi) is 4.67. The minimum Gasteiger partial charge on any atom is -0.346 e. The molecule has 21 heavy (non-hydrogen) atoms. The molecule has 8 heteroatoms. The van der Waals surface area contributed by atoms with Gasteiger partial charge in [0.15, 0.2) is 0 Å². The SMILES string of the molecule is Cc1cnc(CNC(=O)c2ccc(Br)cc2C(F)(F)F)s1. The van der Waals surface area contributed by atoms with Crippen molar-refractivity contribution in [3.8, 4) is 0 Å². The lowest BCUT2D eigenvalue weighted by molar-refractivity contribution is -0.138. The highest BCUT2D eigenvalue weighted by Crippen LogP contribution is 2.33. The summed E-state index contributed by atoms with van der Waals surface area (Å²) in [7, 11) is 0. The van der Waals surface area contributed by atoms with Crippen LogP contribution in [0.3, 0.4) is 0 Å². The molecule has 0 radical (unpaired) electrons. The summed E-state index contributed by atoms with van der Waals surface area (Å²) in [5.74, 6) is -0.775. The Balaban J connectivity index is 2.19. The lowest BCUT2D eigenvalue weighted by Crippen LogP contribution is -2.25. The van der Waals surface area contributed by atoms with E-state index >= 15 is 0 Å². The largest absolute Gasteiger partial charge is 0.417 e. The smallest absolute Gasteiger partial charge is 0.346 e. The Morgan fingerprint density at radius 1 is 1.43 bits per heavy atom. The quantitative estimate of drug-likeness (QED) is 0.870. The summed E-state index contributed by atoms with van der Waals surface area (Å²) in [4.78, 5) is 17.0. The Labute approximate surface area is 131 Å². The van der Waals surface area contributed by atoms with Crippen molar-refractivity contribution in [1.82, 2.24) is 10.3 Å². The Hall–Kier alpha value is -1.41. The van der Waals surface area contributed by atoms with E-state index in [1.165, 1.54) is 17.4 Å². The molecule has 0 fully saturated rings. The number of benzene rings is 1. The molecule has 0 atom stereocenters. The number of rotatable bonds is 3. The number of aryl methyl sites for hydroxylation is 1. The van der Waals surface area contributed by atoms with Crippen molar-refractivity contribution in [2.45, 2.75) is 19.6 Å². The molecule has 0 spiro atoms. The van der Waals surface area contributed by atoms with Crippen LogP contribution in [0, 0.1) is 6.92 Å². The molecular weight excluding hydrogens is 369 g/mol. The van der Waals surface area contributed by atoms with Crippen molar-refractivity contribution in [1.29, 1.82) is 0 Å². The Morgan fingerprint density at radius 2 is 2.14 bits per heavy atom. The van der Waals surface area contributed by atoms with Crippen LogP contribution in [0.1, 0.15) is 25.8 Å². The molecule has 1 aromatic carbocycles. The van der Waals surface area contributed by atoms with Gasteiger partial charge in [-0.25, -0.2) is 4.98 Å². The van der Waals surface area contributed by atoms with E-state index in [1.807, 2.05) is 6.92 Å². The number of carbonyl (C=O) groups excluding carboxylic acids is 1. The first kappa shape index (κ1) is 16.0. The fourth-order valence-electron chi connectivity index (χ4n) is 1.68. The third-order valence-corrected chi connectivity index (χ3v) is 4.01. The van der Waals surface area contributed by atoms with Crippen LogP contribution in [0.2, 0.25) is 0 Å². The normalized spacial score (nSPS) is 11.5. The highest BCUT2D eigenvalue weighted by atomic mass is 79.9. The first-order chi connectivity index (χ1) is 9.77. The molecule has 2 aromatic rings. The second-order valence-electron chi connectivity index (χ2n) is 4.23. The average Bonchev–Trinajstić information content (AvgIpc) is 2.81. The molecule has 2 rings (SSSR count). The molecule has 0 aliphatic heterocycles. The first-order valence-corrected chi connectivity index (χ1v) is 7.44. The zero-order valence-electron chi connectivity index (χ0n) is 10.8. The van der Waals surface area contributed by atoms with Gasteiger partial charge in [0, 0.05) is 15.5 Å². The highest BCUT2D eigenvalue weighted by Gasteiger charge is 2.35. The van der Waals surface area contributed by atoms with Crippen LogP contribution in [0.25, 0.3) is 0 Å². The van der Waals surface area contributed by atoms with Crippen LogP contribution in [-0.4, -0.2) is 10.9 Å². The predicted octanol–water partition coefficient (Wildman–Crippen LogP) is 4.16. The van der Waals surface area contributed by atoms with Crippen molar-refractivity contribution in [2.24, 2.45) is 0 Å². The van der Waals surface area contributed by atoms with Crippen molar-refractivity contribution < 1.29 is 18.0 Å². The van der Waals surface area contributed by atoms with Crippen LogP contribution in [0.5, 0.6) is 0 Å². The van der Waals surface area contributed by atoms with Crippen LogP contribution in [0.4, 0.5) is 13.2 Å². The summed E-state index contributed by atoms with van der Waals surface area (Å²) in [6.07, 6.45) is -2.94. The van der Waals surface area contributed by atoms with Crippen molar-refractivity contribution >= 4 is 33.2 Å². The van der Waals surface area contributed by atoms with Crippen molar-refractivity contribution in [3.63, 3.8) is 0 Å². The average molecular weight is 379 g/mol. The van der Waals surface area contributed by atoms with Gasteiger partial charge in [0.05, 0.1) is 17.7 Å². The summed E-state index contributed by atoms with van der Waals surface area (Å²) in [6, 6.07) is 3.44. The summed E-state index contributed by atoms with van der Waals surface area (Å²) >= 11 is 4.36. The minimum absolute atomic E-state index is 0.102. The van der Waals surface area contributed by atoms with Gasteiger partial charge >= 0.3 is 6.18 Å². The molecule has 3 nitrogen and oxygen atoms in total. The van der Waals surface area contributed by atoms with E-state index < -0.39 is 23.2 Å². The van der Waals surface area contributed by atoms with Gasteiger partial charge in [-0.05, 0) is 25.1 Å². The van der Waals surface area contributed by atoms with Gasteiger partial charge in [-0.3, -0.25) is 4.79 Å². The topological polar surface area (TPSA) is 42.0 Å². The van der Waals surface area contributed by atoms with Crippen LogP contribution in [0.15, 0.2) is 28.9 Å². The molecule has 0 bridgehead atoms. The van der Waals surface area contributed by atoms with Gasteiger partial charge in [0.25, 0.3) is 5.91 Å². The fraction of sp³-hybridized carbons (Fsp3) is 0.231. The monoisotopic (exact) mass is 378 g/mol. The standard InChI is InChI=1S/C13H10BrF3N2OS/c1-7-5-18-11(21-7)6-19-12(20)9-3-2-8(14)4-10(9)13(15,16)17/h2-5H,6H2,1H3,(H,19,20). The lowest BCUT2D eigenvalue weighted by atomic mass is 10.1. The number of amides is 1. The molecular formula is C13H10BrF3N2OS. The molecule has 1 heterocycles. The zero-order chi connectivity index (χ0) is 15.6. The van der Waals surface area contributed by atoms with Crippen molar-refractivity contribution in [2.75, 3.05) is 0 Å². The van der Waals surface area contributed by atoms with E-state index in [-0.39, 0.29) is 11.0 Å². The second kappa shape index (κ2) is 6.15. The van der Waals surface area contributed by atoms with E-state index in [1.54, 1.807) is 6.20 Å². The van der Waals surface area contributed by atoms with Gasteiger partial charge < -0.3 is 5.32 Å². The molecule has 0 aliphatic carbocycles. The third-order valence-electron chi connectivity index (χ3n) is 2.60. The number of thiazole rings is 1. The van der Waals surface area contributed by atoms with E-state index in [0.717, 1.165) is 17.0 Å². The maximum absolute atomic E-state index is 12.9. The summed E-state index contributed by atoms with van der Waals surface area (Å²) in [6.45, 7) is 1.96. The molecule has 1 amide bonds. The molecule has 0 saturated heterocycles. The number of halogens is 4. The number of alkyl halides is 3. The molecule has 112 valence electrons. The van der Waals surface area contributed by atoms with Crippen molar-refractivity contribution in [3.05, 3.63) is 49.9 Å². The third kappa shape index (κ3) is 4.04. The molecule has 1 aromatic heterocycles. The molecule has 0 aliphatic rings. The Morgan fingerprint density at radius 3 is 2.71 bits per heavy atom. The lowest BCUT2D eigenvalue weighted by Gasteiger charge is -2.13. The number of hydrogen-bond acceptors (Lipinski definition) is 3. The van der Waals surface area contributed by atoms with Gasteiger partial charge in [-0.1, -0.05) is 15.9 Å². The van der Waals surface area contributed by atoms with Crippen LogP contribution in [-0.2, 0) is 12.7 Å². The predicted molar refractivity (Wildman–Crippen MR) is 77.2 cm³/mol.